The van der Waals surface area contributed by atoms with Gasteiger partial charge in [-0.25, -0.2) is 0 Å². The van der Waals surface area contributed by atoms with E-state index in [2.05, 4.69) is 62.9 Å². The first-order chi connectivity index (χ1) is 10.0. The minimum atomic E-state index is 0.283. The van der Waals surface area contributed by atoms with Crippen LogP contribution in [0.3, 0.4) is 0 Å². The fraction of sp³-hybridized carbons (Fsp3) is 0.600. The van der Waals surface area contributed by atoms with E-state index in [9.17, 15) is 0 Å². The maximum atomic E-state index is 2.59. The highest BCUT2D eigenvalue weighted by Crippen LogP contribution is 2.27. The lowest BCUT2D eigenvalue weighted by Crippen LogP contribution is -2.30. The Bertz CT molecular complexity index is 461. The summed E-state index contributed by atoms with van der Waals surface area (Å²) in [4.78, 5) is 2.59. The van der Waals surface area contributed by atoms with E-state index >= 15 is 0 Å². The minimum absolute atomic E-state index is 0.283. The molecule has 2 rings (SSSR count). The van der Waals surface area contributed by atoms with E-state index in [1.807, 2.05) is 0 Å². The van der Waals surface area contributed by atoms with Crippen molar-refractivity contribution in [1.82, 2.24) is 4.90 Å². The zero-order chi connectivity index (χ0) is 15.3. The fourth-order valence-corrected chi connectivity index (χ4v) is 3.04. The maximum Gasteiger partial charge on any atom is 0.0193 e. The summed E-state index contributed by atoms with van der Waals surface area (Å²) >= 11 is 0. The third-order valence-electron chi connectivity index (χ3n) is 4.91. The molecule has 0 N–H and O–H groups in total. The molecule has 1 aromatic rings. The Morgan fingerprint density at radius 2 is 1.71 bits per heavy atom. The van der Waals surface area contributed by atoms with Gasteiger partial charge in [-0.2, -0.15) is 0 Å². The molecule has 1 fully saturated rings. The Balaban J connectivity index is 1.99. The van der Waals surface area contributed by atoms with Crippen molar-refractivity contribution in [3.8, 4) is 0 Å². The van der Waals surface area contributed by atoms with Gasteiger partial charge in [0.1, 0.15) is 0 Å². The van der Waals surface area contributed by atoms with Crippen molar-refractivity contribution >= 4 is 6.08 Å². The summed E-state index contributed by atoms with van der Waals surface area (Å²) in [5.41, 5.74) is 4.53. The van der Waals surface area contributed by atoms with Gasteiger partial charge < -0.3 is 0 Å². The van der Waals surface area contributed by atoms with Crippen LogP contribution in [-0.4, -0.2) is 24.5 Å². The Kier molecular flexibility index (Phi) is 5.64. The molecule has 1 saturated heterocycles. The molecule has 116 valence electrons. The van der Waals surface area contributed by atoms with Crippen LogP contribution in [0.2, 0.25) is 0 Å². The van der Waals surface area contributed by atoms with Crippen molar-refractivity contribution in [3.05, 3.63) is 41.0 Å². The second-order valence-corrected chi connectivity index (χ2v) is 7.19. The SMILES string of the molecule is CCC(C)(C)c1ccc(C=C(C)CN2CCCCC2)cc1. The number of hydrogen-bond donors (Lipinski definition) is 0. The third kappa shape index (κ3) is 4.71. The fourth-order valence-electron chi connectivity index (χ4n) is 3.04. The van der Waals surface area contributed by atoms with Crippen molar-refractivity contribution in [2.75, 3.05) is 19.6 Å². The summed E-state index contributed by atoms with van der Waals surface area (Å²) in [6.07, 6.45) is 7.67. The predicted molar refractivity (Wildman–Crippen MR) is 93.7 cm³/mol. The van der Waals surface area contributed by atoms with E-state index in [0.29, 0.717) is 0 Å². The molecule has 0 aromatic heterocycles. The van der Waals surface area contributed by atoms with E-state index in [-0.39, 0.29) is 5.41 Å². The van der Waals surface area contributed by atoms with E-state index < -0.39 is 0 Å². The highest BCUT2D eigenvalue weighted by atomic mass is 15.1. The van der Waals surface area contributed by atoms with Crippen molar-refractivity contribution in [1.29, 1.82) is 0 Å². The van der Waals surface area contributed by atoms with Gasteiger partial charge >= 0.3 is 0 Å². The first-order valence-electron chi connectivity index (χ1n) is 8.51. The van der Waals surface area contributed by atoms with Crippen LogP contribution in [-0.2, 0) is 5.41 Å². The summed E-state index contributed by atoms with van der Waals surface area (Å²) < 4.78 is 0. The molecular weight excluding hydrogens is 254 g/mol. The smallest absolute Gasteiger partial charge is 0.0193 e. The molecule has 0 bridgehead atoms. The lowest BCUT2D eigenvalue weighted by molar-refractivity contribution is 0.247. The van der Waals surface area contributed by atoms with Gasteiger partial charge in [-0.3, -0.25) is 4.90 Å². The average molecular weight is 285 g/mol. The molecular formula is C20H31N. The lowest BCUT2D eigenvalue weighted by atomic mass is 9.82. The van der Waals surface area contributed by atoms with Gasteiger partial charge in [0.05, 0.1) is 0 Å². The Labute approximate surface area is 131 Å². The average Bonchev–Trinajstić information content (AvgIpc) is 2.48. The number of benzene rings is 1. The molecule has 1 aliphatic heterocycles. The minimum Gasteiger partial charge on any atom is -0.299 e. The van der Waals surface area contributed by atoms with E-state index in [1.54, 1.807) is 0 Å². The molecule has 0 aliphatic carbocycles. The summed E-state index contributed by atoms with van der Waals surface area (Å²) in [5.74, 6) is 0. The summed E-state index contributed by atoms with van der Waals surface area (Å²) in [6.45, 7) is 12.8. The Morgan fingerprint density at radius 3 is 2.29 bits per heavy atom. The van der Waals surface area contributed by atoms with E-state index in [0.717, 1.165) is 6.54 Å². The van der Waals surface area contributed by atoms with Crippen LogP contribution >= 0.6 is 0 Å². The topological polar surface area (TPSA) is 3.24 Å². The highest BCUT2D eigenvalue weighted by molar-refractivity contribution is 5.53. The Hall–Kier alpha value is -1.08. The lowest BCUT2D eigenvalue weighted by Gasteiger charge is -2.26. The first-order valence-corrected chi connectivity index (χ1v) is 8.51. The van der Waals surface area contributed by atoms with Gasteiger partial charge in [-0.05, 0) is 55.8 Å². The number of rotatable bonds is 5. The van der Waals surface area contributed by atoms with Gasteiger partial charge in [0.15, 0.2) is 0 Å². The van der Waals surface area contributed by atoms with Crippen molar-refractivity contribution in [2.24, 2.45) is 0 Å². The van der Waals surface area contributed by atoms with Crippen LogP contribution in [0.5, 0.6) is 0 Å². The van der Waals surface area contributed by atoms with Gasteiger partial charge in [0.2, 0.25) is 0 Å². The van der Waals surface area contributed by atoms with Gasteiger partial charge in [-0.15, -0.1) is 0 Å². The zero-order valence-corrected chi connectivity index (χ0v) is 14.3. The number of piperidine rings is 1. The number of likely N-dealkylation sites (tertiary alicyclic amines) is 1. The molecule has 1 aromatic carbocycles. The second kappa shape index (κ2) is 7.26. The van der Waals surface area contributed by atoms with Gasteiger partial charge in [0.25, 0.3) is 0 Å². The molecule has 21 heavy (non-hydrogen) atoms. The zero-order valence-electron chi connectivity index (χ0n) is 14.3. The van der Waals surface area contributed by atoms with Crippen LogP contribution in [0.4, 0.5) is 0 Å². The predicted octanol–water partition coefficient (Wildman–Crippen LogP) is 5.26. The van der Waals surface area contributed by atoms with Crippen LogP contribution in [0.1, 0.15) is 64.5 Å². The molecule has 0 unspecified atom stereocenters. The Morgan fingerprint density at radius 1 is 1.10 bits per heavy atom. The normalized spacial score (nSPS) is 18.0. The first kappa shape index (κ1) is 16.3. The molecule has 0 spiro atoms. The third-order valence-corrected chi connectivity index (χ3v) is 4.91. The number of hydrogen-bond acceptors (Lipinski definition) is 1. The number of nitrogens with zero attached hydrogens (tertiary/aromatic N) is 1. The van der Waals surface area contributed by atoms with Crippen molar-refractivity contribution in [3.63, 3.8) is 0 Å². The standard InChI is InChI=1S/C20H31N/c1-5-20(3,4)19-11-9-18(10-12-19)15-17(2)16-21-13-7-6-8-14-21/h9-12,15H,5-8,13-14,16H2,1-4H3. The quantitative estimate of drug-likeness (QED) is 0.713. The van der Waals surface area contributed by atoms with Crippen molar-refractivity contribution < 1.29 is 0 Å². The summed E-state index contributed by atoms with van der Waals surface area (Å²) in [5, 5.41) is 0. The van der Waals surface area contributed by atoms with E-state index in [1.165, 1.54) is 55.5 Å². The molecule has 0 atom stereocenters. The largest absolute Gasteiger partial charge is 0.299 e. The molecule has 1 aliphatic rings. The molecule has 0 saturated carbocycles. The van der Waals surface area contributed by atoms with Crippen molar-refractivity contribution in [2.45, 2.75) is 58.8 Å². The maximum absolute atomic E-state index is 2.59. The molecule has 1 heteroatoms. The summed E-state index contributed by atoms with van der Waals surface area (Å²) in [7, 11) is 0. The molecule has 0 radical (unpaired) electrons. The molecule has 1 heterocycles. The van der Waals surface area contributed by atoms with Crippen LogP contribution < -0.4 is 0 Å². The van der Waals surface area contributed by atoms with Gasteiger partial charge in [0, 0.05) is 6.54 Å². The van der Waals surface area contributed by atoms with Crippen LogP contribution in [0.25, 0.3) is 6.08 Å². The molecule has 0 amide bonds. The van der Waals surface area contributed by atoms with Gasteiger partial charge in [-0.1, -0.05) is 63.1 Å². The molecule has 1 nitrogen and oxygen atoms in total. The monoisotopic (exact) mass is 285 g/mol. The van der Waals surface area contributed by atoms with Crippen LogP contribution in [0, 0.1) is 0 Å². The van der Waals surface area contributed by atoms with Crippen LogP contribution in [0.15, 0.2) is 29.8 Å². The highest BCUT2D eigenvalue weighted by Gasteiger charge is 2.17. The summed E-state index contributed by atoms with van der Waals surface area (Å²) in [6, 6.07) is 9.13. The van der Waals surface area contributed by atoms with E-state index in [4.69, 9.17) is 0 Å². The second-order valence-electron chi connectivity index (χ2n) is 7.19.